The molecule has 0 amide bonds. The summed E-state index contributed by atoms with van der Waals surface area (Å²) < 4.78 is 12.8. The topological polar surface area (TPSA) is 30.5 Å². The van der Waals surface area contributed by atoms with E-state index >= 15 is 0 Å². The quantitative estimate of drug-likeness (QED) is 0.663. The molecule has 19 heavy (non-hydrogen) atoms. The Hall–Kier alpha value is -0.260. The van der Waals surface area contributed by atoms with Crippen LogP contribution in [0.15, 0.2) is 21.1 Å². The number of halogens is 2. The molecule has 3 nitrogen and oxygen atoms in total. The van der Waals surface area contributed by atoms with E-state index in [9.17, 15) is 0 Å². The van der Waals surface area contributed by atoms with Crippen LogP contribution in [0, 0.1) is 0 Å². The van der Waals surface area contributed by atoms with Crippen molar-refractivity contribution >= 4 is 31.9 Å². The standard InChI is InChI=1S/C14H21Br2NO2/c1-10(2)17-6-4-5-7-19-14-9-11(15)13(18-3)8-12(14)16/h8-10,17H,4-7H2,1-3H3. The maximum Gasteiger partial charge on any atom is 0.134 e. The predicted molar refractivity (Wildman–Crippen MR) is 86.3 cm³/mol. The molecule has 1 aromatic rings. The van der Waals surface area contributed by atoms with Crippen LogP contribution in [0.4, 0.5) is 0 Å². The summed E-state index contributed by atoms with van der Waals surface area (Å²) in [5.74, 6) is 1.63. The van der Waals surface area contributed by atoms with Crippen molar-refractivity contribution in [2.45, 2.75) is 32.7 Å². The van der Waals surface area contributed by atoms with E-state index < -0.39 is 0 Å². The fourth-order valence-electron chi connectivity index (χ4n) is 1.58. The average molecular weight is 395 g/mol. The predicted octanol–water partition coefficient (Wildman–Crippen LogP) is 4.38. The molecule has 0 aliphatic rings. The van der Waals surface area contributed by atoms with Gasteiger partial charge in [0, 0.05) is 6.04 Å². The molecule has 0 saturated heterocycles. The lowest BCUT2D eigenvalue weighted by Gasteiger charge is -2.12. The molecule has 5 heteroatoms. The zero-order chi connectivity index (χ0) is 14.3. The van der Waals surface area contributed by atoms with Gasteiger partial charge in [0.25, 0.3) is 0 Å². The number of nitrogens with one attached hydrogen (secondary N) is 1. The minimum absolute atomic E-state index is 0.549. The van der Waals surface area contributed by atoms with Gasteiger partial charge in [-0.15, -0.1) is 0 Å². The van der Waals surface area contributed by atoms with Crippen molar-refractivity contribution in [3.8, 4) is 11.5 Å². The van der Waals surface area contributed by atoms with Crippen LogP contribution in [-0.2, 0) is 0 Å². The van der Waals surface area contributed by atoms with E-state index in [-0.39, 0.29) is 0 Å². The van der Waals surface area contributed by atoms with Gasteiger partial charge in [-0.1, -0.05) is 13.8 Å². The highest BCUT2D eigenvalue weighted by atomic mass is 79.9. The van der Waals surface area contributed by atoms with Gasteiger partial charge in [0.1, 0.15) is 11.5 Å². The molecular formula is C14H21Br2NO2. The number of unbranched alkanes of at least 4 members (excludes halogenated alkanes) is 1. The normalized spacial score (nSPS) is 10.8. The molecule has 0 fully saturated rings. The van der Waals surface area contributed by atoms with Crippen LogP contribution < -0.4 is 14.8 Å². The summed E-state index contributed by atoms with van der Waals surface area (Å²) >= 11 is 6.94. The molecule has 0 unspecified atom stereocenters. The Bertz CT molecular complexity index is 397. The summed E-state index contributed by atoms with van der Waals surface area (Å²) in [7, 11) is 1.65. The SMILES string of the molecule is COc1cc(Br)c(OCCCCNC(C)C)cc1Br. The second-order valence-electron chi connectivity index (χ2n) is 4.58. The molecule has 0 bridgehead atoms. The van der Waals surface area contributed by atoms with Gasteiger partial charge in [-0.25, -0.2) is 0 Å². The Morgan fingerprint density at radius 2 is 1.74 bits per heavy atom. The van der Waals surface area contributed by atoms with E-state index in [2.05, 4.69) is 51.0 Å². The number of methoxy groups -OCH3 is 1. The smallest absolute Gasteiger partial charge is 0.134 e. The Kier molecular flexibility index (Phi) is 7.80. The van der Waals surface area contributed by atoms with E-state index in [1.165, 1.54) is 0 Å². The van der Waals surface area contributed by atoms with Gasteiger partial charge in [-0.3, -0.25) is 0 Å². The van der Waals surface area contributed by atoms with Crippen molar-refractivity contribution in [2.24, 2.45) is 0 Å². The molecule has 0 aliphatic carbocycles. The summed E-state index contributed by atoms with van der Waals surface area (Å²) in [4.78, 5) is 0. The molecule has 1 rings (SSSR count). The molecule has 0 heterocycles. The first-order chi connectivity index (χ1) is 9.04. The van der Waals surface area contributed by atoms with Gasteiger partial charge < -0.3 is 14.8 Å². The second-order valence-corrected chi connectivity index (χ2v) is 6.29. The van der Waals surface area contributed by atoms with E-state index in [1.807, 2.05) is 12.1 Å². The van der Waals surface area contributed by atoms with E-state index in [4.69, 9.17) is 9.47 Å². The fraction of sp³-hybridized carbons (Fsp3) is 0.571. The first-order valence-corrected chi connectivity index (χ1v) is 8.02. The summed E-state index contributed by atoms with van der Waals surface area (Å²) in [6.45, 7) is 6.07. The zero-order valence-corrected chi connectivity index (χ0v) is 14.8. The third-order valence-electron chi connectivity index (χ3n) is 2.59. The minimum Gasteiger partial charge on any atom is -0.496 e. The largest absolute Gasteiger partial charge is 0.496 e. The Morgan fingerprint density at radius 1 is 1.11 bits per heavy atom. The van der Waals surface area contributed by atoms with Gasteiger partial charge in [0.15, 0.2) is 0 Å². The summed E-state index contributed by atoms with van der Waals surface area (Å²) in [5, 5.41) is 3.39. The Labute approximate surface area is 132 Å². The van der Waals surface area contributed by atoms with Crippen molar-refractivity contribution in [2.75, 3.05) is 20.3 Å². The maximum absolute atomic E-state index is 5.76. The van der Waals surface area contributed by atoms with Crippen molar-refractivity contribution in [1.29, 1.82) is 0 Å². The molecule has 0 saturated carbocycles. The van der Waals surface area contributed by atoms with E-state index in [0.29, 0.717) is 6.04 Å². The number of rotatable bonds is 8. The number of ether oxygens (including phenoxy) is 2. The fourth-order valence-corrected chi connectivity index (χ4v) is 2.50. The number of hydrogen-bond acceptors (Lipinski definition) is 3. The van der Waals surface area contributed by atoms with E-state index in [0.717, 1.165) is 46.4 Å². The maximum atomic E-state index is 5.76. The Balaban J connectivity index is 2.35. The van der Waals surface area contributed by atoms with Gasteiger partial charge in [-0.05, 0) is 63.4 Å². The monoisotopic (exact) mass is 393 g/mol. The molecule has 1 aromatic carbocycles. The number of benzene rings is 1. The highest BCUT2D eigenvalue weighted by molar-refractivity contribution is 9.11. The molecule has 0 aromatic heterocycles. The summed E-state index contributed by atoms with van der Waals surface area (Å²) in [5.41, 5.74) is 0. The third kappa shape index (κ3) is 6.15. The zero-order valence-electron chi connectivity index (χ0n) is 11.6. The molecule has 108 valence electrons. The first kappa shape index (κ1) is 16.8. The van der Waals surface area contributed by atoms with Gasteiger partial charge >= 0.3 is 0 Å². The van der Waals surface area contributed by atoms with Crippen molar-refractivity contribution in [3.05, 3.63) is 21.1 Å². The van der Waals surface area contributed by atoms with Crippen LogP contribution in [0.3, 0.4) is 0 Å². The molecule has 0 atom stereocenters. The van der Waals surface area contributed by atoms with Crippen LogP contribution in [0.2, 0.25) is 0 Å². The van der Waals surface area contributed by atoms with E-state index in [1.54, 1.807) is 7.11 Å². The van der Waals surface area contributed by atoms with Crippen LogP contribution in [0.1, 0.15) is 26.7 Å². The first-order valence-electron chi connectivity index (χ1n) is 6.43. The van der Waals surface area contributed by atoms with Gasteiger partial charge in [-0.2, -0.15) is 0 Å². The lowest BCUT2D eigenvalue weighted by atomic mass is 10.3. The minimum atomic E-state index is 0.549. The summed E-state index contributed by atoms with van der Waals surface area (Å²) in [6.07, 6.45) is 2.16. The second kappa shape index (κ2) is 8.82. The lowest BCUT2D eigenvalue weighted by Crippen LogP contribution is -2.23. The molecule has 0 radical (unpaired) electrons. The van der Waals surface area contributed by atoms with Crippen LogP contribution in [0.5, 0.6) is 11.5 Å². The van der Waals surface area contributed by atoms with Crippen LogP contribution >= 0.6 is 31.9 Å². The molecule has 0 aliphatic heterocycles. The molecule has 1 N–H and O–H groups in total. The van der Waals surface area contributed by atoms with Gasteiger partial charge in [0.05, 0.1) is 22.7 Å². The number of hydrogen-bond donors (Lipinski definition) is 1. The Morgan fingerprint density at radius 3 is 2.37 bits per heavy atom. The summed E-state index contributed by atoms with van der Waals surface area (Å²) in [6, 6.07) is 4.38. The average Bonchev–Trinajstić information content (AvgIpc) is 2.36. The van der Waals surface area contributed by atoms with Crippen LogP contribution in [0.25, 0.3) is 0 Å². The van der Waals surface area contributed by atoms with Gasteiger partial charge in [0.2, 0.25) is 0 Å². The van der Waals surface area contributed by atoms with Crippen molar-refractivity contribution < 1.29 is 9.47 Å². The highest BCUT2D eigenvalue weighted by Gasteiger charge is 2.07. The van der Waals surface area contributed by atoms with Crippen molar-refractivity contribution in [1.82, 2.24) is 5.32 Å². The lowest BCUT2D eigenvalue weighted by molar-refractivity contribution is 0.302. The third-order valence-corrected chi connectivity index (χ3v) is 3.83. The van der Waals surface area contributed by atoms with Crippen molar-refractivity contribution in [3.63, 3.8) is 0 Å². The van der Waals surface area contributed by atoms with Crippen LogP contribution in [-0.4, -0.2) is 26.3 Å². The highest BCUT2D eigenvalue weighted by Crippen LogP contribution is 2.35. The molecular weight excluding hydrogens is 374 g/mol. The molecule has 0 spiro atoms.